The minimum atomic E-state index is -0.592. The topological polar surface area (TPSA) is 88.4 Å². The predicted molar refractivity (Wildman–Crippen MR) is 111 cm³/mol. The smallest absolute Gasteiger partial charge is 0.256 e. The summed E-state index contributed by atoms with van der Waals surface area (Å²) >= 11 is 6.01. The molecule has 0 spiro atoms. The molecule has 0 atom stereocenters. The van der Waals surface area contributed by atoms with Crippen LogP contribution in [0, 0.1) is 11.2 Å². The lowest BCUT2D eigenvalue weighted by molar-refractivity contribution is -0.126. The van der Waals surface area contributed by atoms with E-state index in [1.54, 1.807) is 23.0 Å². The second kappa shape index (κ2) is 8.02. The van der Waals surface area contributed by atoms with Gasteiger partial charge in [-0.25, -0.2) is 13.9 Å². The quantitative estimate of drug-likeness (QED) is 0.659. The molecule has 2 heterocycles. The first-order chi connectivity index (χ1) is 14.4. The van der Waals surface area contributed by atoms with Crippen molar-refractivity contribution in [2.75, 3.05) is 5.32 Å². The average Bonchev–Trinajstić information content (AvgIpc) is 3.16. The van der Waals surface area contributed by atoms with Crippen LogP contribution in [0.25, 0.3) is 5.65 Å². The Balaban J connectivity index is 1.36. The number of nitrogens with zero attached hydrogens (tertiary/aromatic N) is 3. The number of rotatable bonds is 4. The van der Waals surface area contributed by atoms with E-state index < -0.39 is 11.2 Å². The highest BCUT2D eigenvalue weighted by molar-refractivity contribution is 6.33. The zero-order valence-corrected chi connectivity index (χ0v) is 17.1. The maximum Gasteiger partial charge on any atom is 0.256 e. The Kier molecular flexibility index (Phi) is 5.42. The number of amides is 2. The molecule has 1 aliphatic carbocycles. The molecule has 0 radical (unpaired) electrons. The molecule has 0 bridgehead atoms. The fraction of sp³-hybridized carbons (Fsp3) is 0.333. The Bertz CT molecular complexity index is 1110. The summed E-state index contributed by atoms with van der Waals surface area (Å²) in [5.41, 5.74) is 0.726. The number of carbonyl (C=O) groups is 2. The summed E-state index contributed by atoms with van der Waals surface area (Å²) < 4.78 is 14.8. The van der Waals surface area contributed by atoms with Gasteiger partial charge in [-0.2, -0.15) is 5.10 Å². The molecule has 2 aromatic heterocycles. The molecular weight excluding hydrogens is 409 g/mol. The Morgan fingerprint density at radius 3 is 2.80 bits per heavy atom. The summed E-state index contributed by atoms with van der Waals surface area (Å²) in [4.78, 5) is 29.7. The number of aromatic nitrogens is 3. The summed E-state index contributed by atoms with van der Waals surface area (Å²) in [6, 6.07) is 5.58. The second-order valence-electron chi connectivity index (χ2n) is 7.83. The van der Waals surface area contributed by atoms with Crippen molar-refractivity contribution in [3.05, 3.63) is 59.3 Å². The third kappa shape index (κ3) is 4.00. The lowest BCUT2D eigenvalue weighted by Crippen LogP contribution is -2.44. The maximum atomic E-state index is 13.2. The van der Waals surface area contributed by atoms with Crippen LogP contribution in [0.1, 0.15) is 43.0 Å². The molecule has 4 rings (SSSR count). The Morgan fingerprint density at radius 1 is 1.30 bits per heavy atom. The van der Waals surface area contributed by atoms with Crippen molar-refractivity contribution in [1.29, 1.82) is 0 Å². The molecule has 156 valence electrons. The molecule has 1 saturated carbocycles. The lowest BCUT2D eigenvalue weighted by atomic mass is 9.73. The van der Waals surface area contributed by atoms with Gasteiger partial charge in [0.15, 0.2) is 5.65 Å². The minimum absolute atomic E-state index is 0.0357. The maximum absolute atomic E-state index is 13.2. The molecule has 0 unspecified atom stereocenters. The highest BCUT2D eigenvalue weighted by Crippen LogP contribution is 2.38. The first-order valence-electron chi connectivity index (χ1n) is 9.71. The SMILES string of the molecule is C[C@]1(C(=O)Nc2ccc(F)cc2Cl)CC[C@@H](NC(=O)c2cnn3cccnc23)CC1. The fourth-order valence-electron chi connectivity index (χ4n) is 3.74. The summed E-state index contributed by atoms with van der Waals surface area (Å²) in [7, 11) is 0. The van der Waals surface area contributed by atoms with Gasteiger partial charge in [0.25, 0.3) is 5.91 Å². The van der Waals surface area contributed by atoms with Crippen molar-refractivity contribution in [2.24, 2.45) is 5.41 Å². The molecule has 30 heavy (non-hydrogen) atoms. The third-order valence-electron chi connectivity index (χ3n) is 5.68. The van der Waals surface area contributed by atoms with Crippen LogP contribution >= 0.6 is 11.6 Å². The zero-order valence-electron chi connectivity index (χ0n) is 16.4. The first kappa shape index (κ1) is 20.3. The van der Waals surface area contributed by atoms with Gasteiger partial charge in [0.1, 0.15) is 11.4 Å². The van der Waals surface area contributed by atoms with Gasteiger partial charge in [-0.3, -0.25) is 9.59 Å². The molecule has 1 fully saturated rings. The van der Waals surface area contributed by atoms with E-state index in [1.165, 1.54) is 24.4 Å². The Hall–Kier alpha value is -3.00. The van der Waals surface area contributed by atoms with Crippen LogP contribution in [-0.4, -0.2) is 32.5 Å². The first-order valence-corrected chi connectivity index (χ1v) is 10.1. The molecule has 1 aliphatic rings. The van der Waals surface area contributed by atoms with E-state index in [2.05, 4.69) is 20.7 Å². The van der Waals surface area contributed by atoms with E-state index in [0.717, 1.165) is 0 Å². The lowest BCUT2D eigenvalue weighted by Gasteiger charge is -2.36. The van der Waals surface area contributed by atoms with Gasteiger partial charge in [0.2, 0.25) is 5.91 Å². The van der Waals surface area contributed by atoms with Crippen molar-refractivity contribution >= 4 is 34.7 Å². The fourth-order valence-corrected chi connectivity index (χ4v) is 3.96. The number of hydrogen-bond acceptors (Lipinski definition) is 4. The molecule has 9 heteroatoms. The van der Waals surface area contributed by atoms with Gasteiger partial charge in [-0.15, -0.1) is 0 Å². The van der Waals surface area contributed by atoms with E-state index >= 15 is 0 Å². The number of benzene rings is 1. The molecule has 0 saturated heterocycles. The van der Waals surface area contributed by atoms with Gasteiger partial charge < -0.3 is 10.6 Å². The van der Waals surface area contributed by atoms with Crippen molar-refractivity contribution in [3.63, 3.8) is 0 Å². The van der Waals surface area contributed by atoms with Crippen molar-refractivity contribution in [1.82, 2.24) is 19.9 Å². The standard InChI is InChI=1S/C21H21ClFN5O2/c1-21(20(30)27-17-4-3-13(23)11-16(17)22)7-5-14(6-8-21)26-19(29)15-12-25-28-10-2-9-24-18(15)28/h2-4,9-12,14H,5-8H2,1H3,(H,26,29)(H,27,30)/t14-,21+. The van der Waals surface area contributed by atoms with Gasteiger partial charge >= 0.3 is 0 Å². The van der Waals surface area contributed by atoms with Crippen LogP contribution in [0.4, 0.5) is 10.1 Å². The summed E-state index contributed by atoms with van der Waals surface area (Å²) in [5.74, 6) is -0.839. The second-order valence-corrected chi connectivity index (χ2v) is 8.24. The molecule has 2 amide bonds. The van der Waals surface area contributed by atoms with E-state index in [1.807, 2.05) is 6.92 Å². The van der Waals surface area contributed by atoms with E-state index in [-0.39, 0.29) is 22.9 Å². The van der Waals surface area contributed by atoms with Crippen molar-refractivity contribution < 1.29 is 14.0 Å². The number of anilines is 1. The molecule has 1 aromatic carbocycles. The molecule has 0 aliphatic heterocycles. The number of carbonyl (C=O) groups excluding carboxylic acids is 2. The van der Waals surface area contributed by atoms with Crippen molar-refractivity contribution in [2.45, 2.75) is 38.6 Å². The Morgan fingerprint density at radius 2 is 2.07 bits per heavy atom. The molecule has 2 N–H and O–H groups in total. The van der Waals surface area contributed by atoms with Gasteiger partial charge in [0, 0.05) is 23.9 Å². The van der Waals surface area contributed by atoms with Crippen LogP contribution in [-0.2, 0) is 4.79 Å². The third-order valence-corrected chi connectivity index (χ3v) is 5.99. The van der Waals surface area contributed by atoms with Crippen molar-refractivity contribution in [3.8, 4) is 0 Å². The summed E-state index contributed by atoms with van der Waals surface area (Å²) in [6.07, 6.45) is 7.40. The highest BCUT2D eigenvalue weighted by Gasteiger charge is 2.38. The van der Waals surface area contributed by atoms with E-state index in [9.17, 15) is 14.0 Å². The summed E-state index contributed by atoms with van der Waals surface area (Å²) in [6.45, 7) is 1.90. The van der Waals surface area contributed by atoms with Gasteiger partial charge in [-0.1, -0.05) is 18.5 Å². The number of halogens is 2. The number of nitrogens with one attached hydrogen (secondary N) is 2. The zero-order chi connectivity index (χ0) is 21.3. The predicted octanol–water partition coefficient (Wildman–Crippen LogP) is 3.84. The van der Waals surface area contributed by atoms with Crippen LogP contribution < -0.4 is 10.6 Å². The van der Waals surface area contributed by atoms with Gasteiger partial charge in [0.05, 0.1) is 16.9 Å². The van der Waals surface area contributed by atoms with E-state index in [0.29, 0.717) is 42.6 Å². The van der Waals surface area contributed by atoms with Gasteiger partial charge in [-0.05, 0) is 49.9 Å². The molecule has 3 aromatic rings. The van der Waals surface area contributed by atoms with Crippen LogP contribution in [0.2, 0.25) is 5.02 Å². The van der Waals surface area contributed by atoms with Crippen LogP contribution in [0.3, 0.4) is 0 Å². The minimum Gasteiger partial charge on any atom is -0.349 e. The number of hydrogen-bond donors (Lipinski definition) is 2. The van der Waals surface area contributed by atoms with E-state index in [4.69, 9.17) is 11.6 Å². The Labute approximate surface area is 177 Å². The monoisotopic (exact) mass is 429 g/mol. The molecular formula is C21H21ClFN5O2. The largest absolute Gasteiger partial charge is 0.349 e. The normalized spacial score (nSPS) is 21.4. The number of fused-ring (bicyclic) bond motifs is 1. The average molecular weight is 430 g/mol. The molecule has 7 nitrogen and oxygen atoms in total. The summed E-state index contributed by atoms with van der Waals surface area (Å²) in [5, 5.41) is 10.1. The van der Waals surface area contributed by atoms with Crippen LogP contribution in [0.5, 0.6) is 0 Å². The van der Waals surface area contributed by atoms with Crippen LogP contribution in [0.15, 0.2) is 42.9 Å². The highest BCUT2D eigenvalue weighted by atomic mass is 35.5.